The van der Waals surface area contributed by atoms with Crippen LogP contribution in [0.3, 0.4) is 0 Å². The quantitative estimate of drug-likeness (QED) is 0.142. The summed E-state index contributed by atoms with van der Waals surface area (Å²) in [5, 5.41) is 10.3. The molecule has 43 heavy (non-hydrogen) atoms. The second-order valence-corrected chi connectivity index (χ2v) is 13.3. The third-order valence-corrected chi connectivity index (χ3v) is 8.76. The first-order valence-corrected chi connectivity index (χ1v) is 16.2. The number of hydrogen-bond donors (Lipinski definition) is 0. The van der Waals surface area contributed by atoms with Gasteiger partial charge in [0.1, 0.15) is 35.3 Å². The zero-order chi connectivity index (χ0) is 30.8. The van der Waals surface area contributed by atoms with Crippen LogP contribution in [-0.4, -0.2) is 22.6 Å². The van der Waals surface area contributed by atoms with E-state index in [1.165, 1.54) is 46.5 Å². The lowest BCUT2D eigenvalue weighted by Crippen LogP contribution is -2.33. The average molecular weight is 598 g/mol. The molecule has 0 N–H and O–H groups in total. The van der Waals surface area contributed by atoms with E-state index in [0.717, 1.165) is 24.9 Å². The van der Waals surface area contributed by atoms with Gasteiger partial charge >= 0.3 is 5.95 Å². The van der Waals surface area contributed by atoms with E-state index < -0.39 is 0 Å². The van der Waals surface area contributed by atoms with Gasteiger partial charge in [-0.15, -0.1) is 0 Å². The minimum absolute atomic E-state index is 0.334. The number of nitrogens with zero attached hydrogens (tertiary/aromatic N) is 6. The van der Waals surface area contributed by atoms with Gasteiger partial charge in [-0.05, 0) is 58.8 Å². The van der Waals surface area contributed by atoms with Crippen molar-refractivity contribution in [3.8, 4) is 11.4 Å². The van der Waals surface area contributed by atoms with E-state index in [1.807, 2.05) is 6.07 Å². The van der Waals surface area contributed by atoms with Crippen molar-refractivity contribution in [3.05, 3.63) is 88.3 Å². The van der Waals surface area contributed by atoms with Gasteiger partial charge in [-0.25, -0.2) is 4.98 Å². The zero-order valence-corrected chi connectivity index (χ0v) is 27.7. The van der Waals surface area contributed by atoms with Crippen LogP contribution in [-0.2, 0) is 0 Å². The van der Waals surface area contributed by atoms with Crippen LogP contribution in [0.1, 0.15) is 114 Å². The molecule has 0 radical (unpaired) electrons. The molecule has 0 atom stereocenters. The number of para-hydroxylation sites is 2. The van der Waals surface area contributed by atoms with Crippen molar-refractivity contribution in [1.29, 1.82) is 0 Å². The standard InChI is InChI=1S/C36H46ClN6/c1-23(2)27-13-11-14-28(24(3)4)34(27)42-19-20-43(35-29(25(5)6)15-12-16-30(35)26(7)8)36(42)40-39-32-22-38-33(21-31(32)37)41-17-9-10-18-41/h11-16,19-26H,9-10,17-18H2,1-8H3/q+1. The summed E-state index contributed by atoms with van der Waals surface area (Å²) in [5.74, 6) is 2.96. The summed E-state index contributed by atoms with van der Waals surface area (Å²) in [6.45, 7) is 20.0. The van der Waals surface area contributed by atoms with Crippen LogP contribution in [0.4, 0.5) is 17.5 Å². The molecule has 5 rings (SSSR count). The summed E-state index contributed by atoms with van der Waals surface area (Å²) in [5.41, 5.74) is 8.01. The highest BCUT2D eigenvalue weighted by Crippen LogP contribution is 2.36. The molecule has 1 fully saturated rings. The number of halogens is 1. The van der Waals surface area contributed by atoms with Gasteiger partial charge in [0.25, 0.3) is 0 Å². The summed E-state index contributed by atoms with van der Waals surface area (Å²) in [6.07, 6.45) is 8.40. The van der Waals surface area contributed by atoms with Crippen LogP contribution in [0.25, 0.3) is 11.4 Å². The van der Waals surface area contributed by atoms with Crippen molar-refractivity contribution in [1.82, 2.24) is 9.55 Å². The summed E-state index contributed by atoms with van der Waals surface area (Å²) < 4.78 is 4.44. The average Bonchev–Trinajstić information content (AvgIpc) is 3.66. The number of benzene rings is 2. The third kappa shape index (κ3) is 6.26. The van der Waals surface area contributed by atoms with Gasteiger partial charge in [0.05, 0.1) is 11.2 Å². The van der Waals surface area contributed by atoms with Gasteiger partial charge in [0, 0.05) is 24.3 Å². The van der Waals surface area contributed by atoms with Gasteiger partial charge in [0.2, 0.25) is 0 Å². The van der Waals surface area contributed by atoms with Crippen molar-refractivity contribution < 1.29 is 4.57 Å². The van der Waals surface area contributed by atoms with E-state index in [1.54, 1.807) is 6.20 Å². The summed E-state index contributed by atoms with van der Waals surface area (Å²) in [4.78, 5) is 6.98. The lowest BCUT2D eigenvalue weighted by Gasteiger charge is -2.19. The molecule has 2 aromatic heterocycles. The third-order valence-electron chi connectivity index (χ3n) is 8.46. The Morgan fingerprint density at radius 2 is 1.30 bits per heavy atom. The van der Waals surface area contributed by atoms with Gasteiger partial charge < -0.3 is 4.90 Å². The first kappa shape index (κ1) is 30.9. The maximum atomic E-state index is 6.79. The minimum atomic E-state index is 0.334. The molecular weight excluding hydrogens is 552 g/mol. The van der Waals surface area contributed by atoms with Crippen LogP contribution in [0.2, 0.25) is 5.02 Å². The van der Waals surface area contributed by atoms with Crippen molar-refractivity contribution in [2.24, 2.45) is 10.2 Å². The SMILES string of the molecule is CC(C)c1cccc(C(C)C)c1-n1cc[n+](-c2c(C(C)C)cccc2C(C)C)c1N=Nc1cnc(N2CCCC2)cc1Cl. The number of hydrogen-bond acceptors (Lipinski definition) is 4. The Hall–Kier alpha value is -3.51. The van der Waals surface area contributed by atoms with E-state index in [-0.39, 0.29) is 0 Å². The number of azo groups is 1. The number of pyridine rings is 1. The molecule has 0 aliphatic carbocycles. The van der Waals surface area contributed by atoms with Crippen LogP contribution in [0, 0.1) is 0 Å². The summed E-state index contributed by atoms with van der Waals surface area (Å²) in [6, 6.07) is 15.2. The first-order chi connectivity index (χ1) is 20.6. The van der Waals surface area contributed by atoms with Gasteiger partial charge in [-0.1, -0.05) is 109 Å². The molecule has 1 aliphatic rings. The largest absolute Gasteiger partial charge is 0.431 e. The van der Waals surface area contributed by atoms with Crippen molar-refractivity contribution >= 4 is 29.1 Å². The van der Waals surface area contributed by atoms with Crippen LogP contribution >= 0.6 is 11.6 Å². The molecule has 7 heteroatoms. The van der Waals surface area contributed by atoms with Crippen LogP contribution in [0.15, 0.2) is 71.3 Å². The van der Waals surface area contributed by atoms with Gasteiger partial charge in [-0.2, -0.15) is 9.13 Å². The summed E-state index contributed by atoms with van der Waals surface area (Å²) >= 11 is 6.79. The zero-order valence-electron chi connectivity index (χ0n) is 27.0. The number of imidazole rings is 1. The highest BCUT2D eigenvalue weighted by atomic mass is 35.5. The fraction of sp³-hybridized carbons (Fsp3) is 0.444. The van der Waals surface area contributed by atoms with E-state index in [4.69, 9.17) is 26.8 Å². The van der Waals surface area contributed by atoms with Crippen LogP contribution < -0.4 is 9.47 Å². The van der Waals surface area contributed by atoms with Gasteiger partial charge in [-0.3, -0.25) is 0 Å². The molecule has 0 unspecified atom stereocenters. The smallest absolute Gasteiger partial charge is 0.357 e. The number of anilines is 1. The minimum Gasteiger partial charge on any atom is -0.357 e. The van der Waals surface area contributed by atoms with Crippen LogP contribution in [0.5, 0.6) is 0 Å². The fourth-order valence-corrected chi connectivity index (χ4v) is 6.30. The Morgan fingerprint density at radius 3 is 1.81 bits per heavy atom. The Bertz CT molecular complexity index is 1470. The maximum absolute atomic E-state index is 6.79. The molecule has 6 nitrogen and oxygen atoms in total. The number of rotatable bonds is 9. The second kappa shape index (κ2) is 13.0. The normalized spacial score (nSPS) is 14.0. The Morgan fingerprint density at radius 1 is 0.767 bits per heavy atom. The lowest BCUT2D eigenvalue weighted by molar-refractivity contribution is -0.582. The molecule has 3 heterocycles. The summed E-state index contributed by atoms with van der Waals surface area (Å²) in [7, 11) is 0. The van der Waals surface area contributed by atoms with Crippen molar-refractivity contribution in [2.45, 2.75) is 91.9 Å². The second-order valence-electron chi connectivity index (χ2n) is 12.9. The molecule has 4 aromatic rings. The highest BCUT2D eigenvalue weighted by molar-refractivity contribution is 6.33. The molecule has 0 amide bonds. The Kier molecular flexibility index (Phi) is 9.36. The van der Waals surface area contributed by atoms with E-state index in [2.05, 4.69) is 118 Å². The van der Waals surface area contributed by atoms with Crippen molar-refractivity contribution in [2.75, 3.05) is 18.0 Å². The molecular formula is C36H46ClN6+. The van der Waals surface area contributed by atoms with Crippen molar-refractivity contribution in [3.63, 3.8) is 0 Å². The molecule has 226 valence electrons. The number of aromatic nitrogens is 3. The molecule has 0 saturated carbocycles. The maximum Gasteiger partial charge on any atom is 0.431 e. The topological polar surface area (TPSA) is 49.7 Å². The fourth-order valence-electron chi connectivity index (χ4n) is 6.11. The molecule has 2 aromatic carbocycles. The molecule has 1 saturated heterocycles. The predicted octanol–water partition coefficient (Wildman–Crippen LogP) is 10.3. The monoisotopic (exact) mass is 597 g/mol. The van der Waals surface area contributed by atoms with E-state index in [0.29, 0.717) is 34.4 Å². The highest BCUT2D eigenvalue weighted by Gasteiger charge is 2.29. The first-order valence-electron chi connectivity index (χ1n) is 15.8. The molecule has 1 aliphatic heterocycles. The lowest BCUT2D eigenvalue weighted by atomic mass is 9.92. The van der Waals surface area contributed by atoms with Gasteiger partial charge in [0.15, 0.2) is 0 Å². The predicted molar refractivity (Wildman–Crippen MR) is 179 cm³/mol. The van der Waals surface area contributed by atoms with E-state index in [9.17, 15) is 0 Å². The Labute approximate surface area is 262 Å². The molecule has 0 bridgehead atoms. The Balaban J connectivity index is 1.75. The van der Waals surface area contributed by atoms with E-state index >= 15 is 0 Å². The molecule has 0 spiro atoms.